The molecule has 0 N–H and O–H groups in total. The molecule has 2 aromatic carbocycles. The number of hydrogen-bond donors (Lipinski definition) is 0. The van der Waals surface area contributed by atoms with E-state index in [-0.39, 0.29) is 11.5 Å². The highest BCUT2D eigenvalue weighted by Gasteiger charge is 2.38. The Balaban J connectivity index is 1.48. The first-order valence-electron chi connectivity index (χ1n) is 11.6. The van der Waals surface area contributed by atoms with E-state index in [0.29, 0.717) is 51.0 Å². The highest BCUT2D eigenvalue weighted by Crippen LogP contribution is 2.32. The lowest BCUT2D eigenvalue weighted by Crippen LogP contribution is -2.49. The summed E-state index contributed by atoms with van der Waals surface area (Å²) >= 11 is 17.1. The zero-order valence-electron chi connectivity index (χ0n) is 21.1. The van der Waals surface area contributed by atoms with Crippen LogP contribution in [0.1, 0.15) is 27.2 Å². The Hall–Kier alpha value is -2.53. The lowest BCUT2D eigenvalue weighted by atomic mass is 10.1. The molecule has 1 aliphatic heterocycles. The van der Waals surface area contributed by atoms with Gasteiger partial charge in [0.2, 0.25) is 5.91 Å². The standard InChI is InChI=1S/C26H25BrCl2N4O4S/c1-14-15(2)30-32(4)25(35)23(14)26(36)33-13-38-12-22(33)24(34)31(3)11-16-5-6-17(9-19(16)27)37-18-7-8-20(28)21(29)10-18/h5-10,22H,11-13H2,1-4H3. The molecule has 8 nitrogen and oxygen atoms in total. The van der Waals surface area contributed by atoms with Gasteiger partial charge in [-0.3, -0.25) is 14.4 Å². The van der Waals surface area contributed by atoms with Gasteiger partial charge in [-0.05, 0) is 49.2 Å². The molecular weight excluding hydrogens is 615 g/mol. The fourth-order valence-electron chi connectivity index (χ4n) is 4.08. The number of halogens is 3. The van der Waals surface area contributed by atoms with Crippen molar-refractivity contribution in [3.63, 3.8) is 0 Å². The Kier molecular flexibility index (Phi) is 8.76. The average molecular weight is 640 g/mol. The number of aryl methyl sites for hydroxylation is 2. The normalized spacial score (nSPS) is 15.0. The Morgan fingerprint density at radius 2 is 1.84 bits per heavy atom. The Morgan fingerprint density at radius 1 is 1.16 bits per heavy atom. The maximum Gasteiger partial charge on any atom is 0.279 e. The van der Waals surface area contributed by atoms with Crippen LogP contribution in [0.25, 0.3) is 0 Å². The van der Waals surface area contributed by atoms with Gasteiger partial charge < -0.3 is 14.5 Å². The second-order valence-electron chi connectivity index (χ2n) is 8.93. The largest absolute Gasteiger partial charge is 0.457 e. The number of carbonyl (C=O) groups excluding carboxylic acids is 2. The molecule has 4 rings (SSSR count). The Labute approximate surface area is 243 Å². The van der Waals surface area contributed by atoms with E-state index in [4.69, 9.17) is 27.9 Å². The molecule has 1 aromatic heterocycles. The van der Waals surface area contributed by atoms with Crippen LogP contribution in [0.5, 0.6) is 11.5 Å². The van der Waals surface area contributed by atoms with Crippen LogP contribution >= 0.6 is 50.9 Å². The van der Waals surface area contributed by atoms with Crippen molar-refractivity contribution in [1.29, 1.82) is 0 Å². The van der Waals surface area contributed by atoms with Crippen molar-refractivity contribution >= 4 is 62.7 Å². The predicted octanol–water partition coefficient (Wildman–Crippen LogP) is 5.43. The summed E-state index contributed by atoms with van der Waals surface area (Å²) in [5, 5.41) is 4.98. The van der Waals surface area contributed by atoms with E-state index in [2.05, 4.69) is 21.0 Å². The summed E-state index contributed by atoms with van der Waals surface area (Å²) in [7, 11) is 3.21. The number of benzene rings is 2. The van der Waals surface area contributed by atoms with Crippen LogP contribution in [0.2, 0.25) is 10.0 Å². The molecule has 38 heavy (non-hydrogen) atoms. The summed E-state index contributed by atoms with van der Waals surface area (Å²) in [5.41, 5.74) is 1.57. The first-order chi connectivity index (χ1) is 18.0. The van der Waals surface area contributed by atoms with Crippen LogP contribution in [0.15, 0.2) is 45.7 Å². The molecule has 0 saturated carbocycles. The van der Waals surface area contributed by atoms with Gasteiger partial charge in [0.05, 0.1) is 21.6 Å². The van der Waals surface area contributed by atoms with Crippen LogP contribution in [0.4, 0.5) is 0 Å². The molecule has 12 heteroatoms. The highest BCUT2D eigenvalue weighted by atomic mass is 79.9. The summed E-state index contributed by atoms with van der Waals surface area (Å²) in [5.74, 6) is 1.26. The molecule has 1 aliphatic rings. The maximum absolute atomic E-state index is 13.4. The zero-order chi connectivity index (χ0) is 27.7. The second kappa shape index (κ2) is 11.7. The molecular formula is C26H25BrCl2N4O4S. The number of ether oxygens (including phenoxy) is 1. The number of aromatic nitrogens is 2. The van der Waals surface area contributed by atoms with Gasteiger partial charge in [-0.25, -0.2) is 4.68 Å². The fraction of sp³-hybridized carbons (Fsp3) is 0.308. The van der Waals surface area contributed by atoms with Gasteiger partial charge in [0.1, 0.15) is 23.1 Å². The number of likely N-dealkylation sites (N-methyl/N-ethyl adjacent to an activating group) is 1. The smallest absolute Gasteiger partial charge is 0.279 e. The van der Waals surface area contributed by atoms with Gasteiger partial charge in [-0.2, -0.15) is 5.10 Å². The summed E-state index contributed by atoms with van der Waals surface area (Å²) in [6.45, 7) is 3.76. The summed E-state index contributed by atoms with van der Waals surface area (Å²) in [4.78, 5) is 42.7. The topological polar surface area (TPSA) is 84.7 Å². The zero-order valence-corrected chi connectivity index (χ0v) is 25.0. The lowest BCUT2D eigenvalue weighted by Gasteiger charge is -2.28. The number of amides is 2. The van der Waals surface area contributed by atoms with E-state index in [0.717, 1.165) is 14.7 Å². The van der Waals surface area contributed by atoms with E-state index in [1.807, 2.05) is 12.1 Å². The van der Waals surface area contributed by atoms with Gasteiger partial charge in [-0.1, -0.05) is 45.2 Å². The maximum atomic E-state index is 13.4. The number of hydrogen-bond acceptors (Lipinski definition) is 6. The molecule has 0 bridgehead atoms. The molecule has 200 valence electrons. The molecule has 0 aliphatic carbocycles. The second-order valence-corrected chi connectivity index (χ2v) is 11.6. The van der Waals surface area contributed by atoms with E-state index in [1.165, 1.54) is 23.7 Å². The van der Waals surface area contributed by atoms with Gasteiger partial charge in [-0.15, -0.1) is 11.8 Å². The molecule has 2 amide bonds. The van der Waals surface area contributed by atoms with Crippen LogP contribution in [-0.2, 0) is 18.4 Å². The molecule has 1 fully saturated rings. The van der Waals surface area contributed by atoms with E-state index >= 15 is 0 Å². The quantitative estimate of drug-likeness (QED) is 0.358. The monoisotopic (exact) mass is 638 g/mol. The minimum Gasteiger partial charge on any atom is -0.457 e. The Bertz CT molecular complexity index is 1480. The molecule has 1 atom stereocenters. The number of rotatable bonds is 6. The summed E-state index contributed by atoms with van der Waals surface area (Å²) in [6, 6.07) is 9.81. The summed E-state index contributed by atoms with van der Waals surface area (Å²) < 4.78 is 7.79. The van der Waals surface area contributed by atoms with Gasteiger partial charge in [0.15, 0.2) is 0 Å². The Morgan fingerprint density at radius 3 is 2.53 bits per heavy atom. The number of carbonyl (C=O) groups is 2. The van der Waals surface area contributed by atoms with Crippen molar-refractivity contribution in [3.8, 4) is 11.5 Å². The fourth-order valence-corrected chi connectivity index (χ4v) is 5.99. The SMILES string of the molecule is Cc1nn(C)c(=O)c(C(=O)N2CSCC2C(=O)N(C)Cc2ccc(Oc3ccc(Cl)c(Cl)c3)cc2Br)c1C. The molecule has 2 heterocycles. The minimum absolute atomic E-state index is 0.0586. The third kappa shape index (κ3) is 5.88. The summed E-state index contributed by atoms with van der Waals surface area (Å²) in [6.07, 6.45) is 0. The van der Waals surface area contributed by atoms with Crippen LogP contribution in [0.3, 0.4) is 0 Å². The number of nitrogens with zero attached hydrogens (tertiary/aromatic N) is 4. The van der Waals surface area contributed by atoms with Crippen molar-refractivity contribution < 1.29 is 14.3 Å². The van der Waals surface area contributed by atoms with E-state index in [9.17, 15) is 14.4 Å². The molecule has 1 saturated heterocycles. The molecule has 0 radical (unpaired) electrons. The van der Waals surface area contributed by atoms with E-state index < -0.39 is 17.5 Å². The van der Waals surface area contributed by atoms with Crippen LogP contribution < -0.4 is 10.3 Å². The van der Waals surface area contributed by atoms with Crippen LogP contribution in [-0.4, -0.2) is 56.1 Å². The number of thioether (sulfide) groups is 1. The first-order valence-corrected chi connectivity index (χ1v) is 14.3. The molecule has 0 spiro atoms. The van der Waals surface area contributed by atoms with Crippen molar-refractivity contribution in [2.24, 2.45) is 7.05 Å². The van der Waals surface area contributed by atoms with E-state index in [1.54, 1.807) is 50.1 Å². The van der Waals surface area contributed by atoms with Crippen LogP contribution in [0, 0.1) is 13.8 Å². The minimum atomic E-state index is -0.675. The van der Waals surface area contributed by atoms with Gasteiger partial charge in [0, 0.05) is 36.9 Å². The lowest BCUT2D eigenvalue weighted by molar-refractivity contribution is -0.134. The van der Waals surface area contributed by atoms with Gasteiger partial charge in [0.25, 0.3) is 11.5 Å². The van der Waals surface area contributed by atoms with Crippen molar-refractivity contribution in [2.75, 3.05) is 18.7 Å². The molecule has 3 aromatic rings. The average Bonchev–Trinajstić information content (AvgIpc) is 3.36. The predicted molar refractivity (Wildman–Crippen MR) is 153 cm³/mol. The third-order valence-corrected chi connectivity index (χ3v) is 8.79. The van der Waals surface area contributed by atoms with Crippen molar-refractivity contribution in [1.82, 2.24) is 19.6 Å². The third-order valence-electron chi connectivity index (χ3n) is 6.30. The first kappa shape index (κ1) is 28.5. The highest BCUT2D eigenvalue weighted by molar-refractivity contribution is 9.10. The van der Waals surface area contributed by atoms with Crippen molar-refractivity contribution in [2.45, 2.75) is 26.4 Å². The van der Waals surface area contributed by atoms with Gasteiger partial charge >= 0.3 is 0 Å². The van der Waals surface area contributed by atoms with Crippen molar-refractivity contribution in [3.05, 3.63) is 83.7 Å². The molecule has 1 unspecified atom stereocenters.